The molecule has 1 fully saturated rings. The van der Waals surface area contributed by atoms with Crippen molar-refractivity contribution in [1.82, 2.24) is 10.9 Å². The van der Waals surface area contributed by atoms with Gasteiger partial charge in [-0.1, -0.05) is 117 Å². The highest BCUT2D eigenvalue weighted by molar-refractivity contribution is 6.01. The Hall–Kier alpha value is -5.36. The summed E-state index contributed by atoms with van der Waals surface area (Å²) in [6, 6.07) is 58.0. The average molecular weight is 588 g/mol. The van der Waals surface area contributed by atoms with Crippen LogP contribution >= 0.6 is 0 Å². The summed E-state index contributed by atoms with van der Waals surface area (Å²) in [4.78, 5) is 7.13. The molecule has 2 atom stereocenters. The molecule has 5 heteroatoms. The van der Waals surface area contributed by atoms with Crippen molar-refractivity contribution < 1.29 is 0 Å². The summed E-state index contributed by atoms with van der Waals surface area (Å²) in [6.45, 7) is 4.00. The van der Waals surface area contributed by atoms with E-state index < -0.39 is 0 Å². The lowest BCUT2D eigenvalue weighted by molar-refractivity contribution is 0.555. The molecule has 6 aromatic carbocycles. The van der Waals surface area contributed by atoms with Gasteiger partial charge in [0, 0.05) is 17.1 Å². The molecular formula is C40H37N5. The van der Waals surface area contributed by atoms with Crippen molar-refractivity contribution in [2.75, 3.05) is 14.7 Å². The molecular weight excluding hydrogens is 550 g/mol. The third-order valence-electron chi connectivity index (χ3n) is 8.29. The van der Waals surface area contributed by atoms with Crippen LogP contribution in [0, 0.1) is 0 Å². The summed E-state index contributed by atoms with van der Waals surface area (Å²) in [5.41, 5.74) is 17.5. The molecule has 0 spiro atoms. The monoisotopic (exact) mass is 587 g/mol. The van der Waals surface area contributed by atoms with E-state index in [0.29, 0.717) is 0 Å². The number of rotatable bonds is 5. The van der Waals surface area contributed by atoms with Crippen LogP contribution in [0.1, 0.15) is 37.3 Å². The normalized spacial score (nSPS) is 16.8. The molecule has 0 amide bonds. The van der Waals surface area contributed by atoms with Crippen LogP contribution in [0.2, 0.25) is 0 Å². The van der Waals surface area contributed by atoms with E-state index in [9.17, 15) is 0 Å². The van der Waals surface area contributed by atoms with Gasteiger partial charge in [0.15, 0.2) is 0 Å². The van der Waals surface area contributed by atoms with Gasteiger partial charge in [-0.3, -0.25) is 0 Å². The second-order valence-corrected chi connectivity index (χ2v) is 10.8. The van der Waals surface area contributed by atoms with Crippen LogP contribution in [0.25, 0.3) is 0 Å². The van der Waals surface area contributed by atoms with Gasteiger partial charge in [0.1, 0.15) is 12.3 Å². The molecule has 2 N–H and O–H groups in total. The van der Waals surface area contributed by atoms with Gasteiger partial charge < -0.3 is 14.7 Å². The Morgan fingerprint density at radius 2 is 0.689 bits per heavy atom. The van der Waals surface area contributed by atoms with Crippen molar-refractivity contribution in [2.45, 2.75) is 26.2 Å². The summed E-state index contributed by atoms with van der Waals surface area (Å²) in [7, 11) is 0. The standard InChI is InChI=1S/C38H31N5.C2H6/c1-4-14-28(15-5-1)37-39-40-38(43(37)31-18-8-3-9-19-31)29-24-26-32(27-25-29)42-35-22-12-10-20-33(35)41(30-16-6-2-7-17-30)34-21-11-13-23-36(34)42;1-2/h1-27,37-40H;1-2H3. The fraction of sp³-hybridized carbons (Fsp3) is 0.100. The lowest BCUT2D eigenvalue weighted by atomic mass is 10.0. The first kappa shape index (κ1) is 28.4. The molecule has 6 aromatic rings. The van der Waals surface area contributed by atoms with Crippen molar-refractivity contribution >= 4 is 39.8 Å². The maximum absolute atomic E-state index is 3.58. The number of nitrogens with zero attached hydrogens (tertiary/aromatic N) is 3. The van der Waals surface area contributed by atoms with Crippen LogP contribution in [-0.2, 0) is 0 Å². The largest absolute Gasteiger partial charge is 0.330 e. The Kier molecular flexibility index (Phi) is 8.02. The minimum atomic E-state index is -0.0452. The quantitative estimate of drug-likeness (QED) is 0.209. The average Bonchev–Trinajstić information content (AvgIpc) is 3.58. The summed E-state index contributed by atoms with van der Waals surface area (Å²) >= 11 is 0. The Labute approximate surface area is 266 Å². The second-order valence-electron chi connectivity index (χ2n) is 10.8. The van der Waals surface area contributed by atoms with Crippen LogP contribution in [0.4, 0.5) is 39.8 Å². The van der Waals surface area contributed by atoms with Gasteiger partial charge in [0.2, 0.25) is 0 Å². The van der Waals surface area contributed by atoms with E-state index in [1.54, 1.807) is 0 Å². The van der Waals surface area contributed by atoms with Crippen molar-refractivity contribution in [3.05, 3.63) is 175 Å². The lowest BCUT2D eigenvalue weighted by Gasteiger charge is -2.40. The highest BCUT2D eigenvalue weighted by Crippen LogP contribution is 2.53. The third kappa shape index (κ3) is 5.22. The minimum absolute atomic E-state index is 0.00176. The Morgan fingerprint density at radius 3 is 1.13 bits per heavy atom. The van der Waals surface area contributed by atoms with Gasteiger partial charge in [-0.15, -0.1) is 0 Å². The van der Waals surface area contributed by atoms with E-state index >= 15 is 0 Å². The van der Waals surface area contributed by atoms with Gasteiger partial charge in [-0.25, -0.2) is 10.9 Å². The maximum Gasteiger partial charge on any atom is 0.120 e. The molecule has 2 aliphatic heterocycles. The Morgan fingerprint density at radius 1 is 0.356 bits per heavy atom. The van der Waals surface area contributed by atoms with Crippen LogP contribution in [0.3, 0.4) is 0 Å². The van der Waals surface area contributed by atoms with Crippen LogP contribution in [0.15, 0.2) is 164 Å². The molecule has 45 heavy (non-hydrogen) atoms. The van der Waals surface area contributed by atoms with Gasteiger partial charge in [-0.05, 0) is 71.8 Å². The Bertz CT molecular complexity index is 1790. The molecule has 1 saturated heterocycles. The first-order valence-electron chi connectivity index (χ1n) is 15.7. The fourth-order valence-corrected chi connectivity index (χ4v) is 6.35. The van der Waals surface area contributed by atoms with Crippen molar-refractivity contribution in [3.8, 4) is 0 Å². The predicted octanol–water partition coefficient (Wildman–Crippen LogP) is 10.3. The number of anilines is 7. The SMILES string of the molecule is CC.c1ccc(C2NNC(c3ccc(N4c5ccccc5N(c5ccccc5)c5ccccc54)cc3)N2c2ccccc2)cc1. The smallest absolute Gasteiger partial charge is 0.120 e. The zero-order valence-electron chi connectivity index (χ0n) is 25.6. The van der Waals surface area contributed by atoms with Crippen LogP contribution in [-0.4, -0.2) is 0 Å². The number of benzene rings is 6. The highest BCUT2D eigenvalue weighted by atomic mass is 15.6. The molecule has 2 unspecified atom stereocenters. The van der Waals surface area contributed by atoms with E-state index in [2.05, 4.69) is 189 Å². The molecule has 0 saturated carbocycles. The van der Waals surface area contributed by atoms with E-state index in [0.717, 1.165) is 39.8 Å². The highest BCUT2D eigenvalue weighted by Gasteiger charge is 2.35. The molecule has 0 bridgehead atoms. The number of hydrogen-bond acceptors (Lipinski definition) is 5. The number of para-hydroxylation sites is 6. The maximum atomic E-state index is 3.58. The van der Waals surface area contributed by atoms with Crippen molar-refractivity contribution in [2.24, 2.45) is 0 Å². The van der Waals surface area contributed by atoms with Gasteiger partial charge in [0.25, 0.3) is 0 Å². The first-order chi connectivity index (χ1) is 22.4. The summed E-state index contributed by atoms with van der Waals surface area (Å²) < 4.78 is 0. The molecule has 8 rings (SSSR count). The zero-order valence-corrected chi connectivity index (χ0v) is 25.6. The number of hydrazine groups is 1. The first-order valence-corrected chi connectivity index (χ1v) is 15.7. The summed E-state index contributed by atoms with van der Waals surface area (Å²) in [5, 5.41) is 0. The molecule has 2 aliphatic rings. The second kappa shape index (κ2) is 12.7. The molecule has 222 valence electrons. The van der Waals surface area contributed by atoms with E-state index in [-0.39, 0.29) is 12.3 Å². The summed E-state index contributed by atoms with van der Waals surface area (Å²) in [6.07, 6.45) is -0.0470. The molecule has 5 nitrogen and oxygen atoms in total. The van der Waals surface area contributed by atoms with E-state index in [1.165, 1.54) is 11.1 Å². The molecule has 2 heterocycles. The lowest BCUT2D eigenvalue weighted by Crippen LogP contribution is -2.29. The van der Waals surface area contributed by atoms with E-state index in [4.69, 9.17) is 0 Å². The van der Waals surface area contributed by atoms with Crippen molar-refractivity contribution in [3.63, 3.8) is 0 Å². The van der Waals surface area contributed by atoms with Gasteiger partial charge >= 0.3 is 0 Å². The molecule has 0 aromatic heterocycles. The number of fused-ring (bicyclic) bond motifs is 2. The number of hydrogen-bond donors (Lipinski definition) is 2. The van der Waals surface area contributed by atoms with Crippen LogP contribution < -0.4 is 25.6 Å². The zero-order chi connectivity index (χ0) is 30.6. The van der Waals surface area contributed by atoms with Crippen molar-refractivity contribution in [1.29, 1.82) is 0 Å². The number of nitrogens with one attached hydrogen (secondary N) is 2. The van der Waals surface area contributed by atoms with Crippen LogP contribution in [0.5, 0.6) is 0 Å². The topological polar surface area (TPSA) is 33.8 Å². The van der Waals surface area contributed by atoms with E-state index in [1.807, 2.05) is 13.8 Å². The summed E-state index contributed by atoms with van der Waals surface area (Å²) in [5.74, 6) is 0. The fourth-order valence-electron chi connectivity index (χ4n) is 6.35. The minimum Gasteiger partial charge on any atom is -0.330 e. The molecule has 0 aliphatic carbocycles. The molecule has 0 radical (unpaired) electrons. The van der Waals surface area contributed by atoms with Gasteiger partial charge in [0.05, 0.1) is 22.7 Å². The Balaban J connectivity index is 0.00000160. The third-order valence-corrected chi connectivity index (χ3v) is 8.29. The predicted molar refractivity (Wildman–Crippen MR) is 188 cm³/mol. The van der Waals surface area contributed by atoms with Gasteiger partial charge in [-0.2, -0.15) is 0 Å².